The highest BCUT2D eigenvalue weighted by Gasteiger charge is 2.29. The Labute approximate surface area is 142 Å². The van der Waals surface area contributed by atoms with Crippen molar-refractivity contribution in [2.75, 3.05) is 18.8 Å². The van der Waals surface area contributed by atoms with Crippen LogP contribution >= 0.6 is 22.9 Å². The van der Waals surface area contributed by atoms with E-state index in [1.807, 2.05) is 0 Å². The van der Waals surface area contributed by atoms with Crippen LogP contribution in [0.3, 0.4) is 0 Å². The summed E-state index contributed by atoms with van der Waals surface area (Å²) >= 11 is 7.02. The van der Waals surface area contributed by atoms with Gasteiger partial charge in [-0.05, 0) is 31.4 Å². The van der Waals surface area contributed by atoms with E-state index in [9.17, 15) is 13.2 Å². The normalized spacial score (nSPS) is 15.8. The van der Waals surface area contributed by atoms with Gasteiger partial charge in [-0.15, -0.1) is 16.4 Å². The van der Waals surface area contributed by atoms with E-state index in [4.69, 9.17) is 16.0 Å². The van der Waals surface area contributed by atoms with Gasteiger partial charge < -0.3 is 9.32 Å². The first kappa shape index (κ1) is 16.4. The van der Waals surface area contributed by atoms with Crippen molar-refractivity contribution in [1.82, 2.24) is 15.1 Å². The number of hydrogen-bond acceptors (Lipinski definition) is 7. The second-order valence-electron chi connectivity index (χ2n) is 5.18. The van der Waals surface area contributed by atoms with E-state index in [0.717, 1.165) is 19.3 Å². The lowest BCUT2D eigenvalue weighted by atomic mass is 10.1. The highest BCUT2D eigenvalue weighted by Crippen LogP contribution is 2.30. The number of halogens is 1. The summed E-state index contributed by atoms with van der Waals surface area (Å²) in [5, 5.41) is 6.74. The molecule has 0 aliphatic carbocycles. The first-order valence-corrected chi connectivity index (χ1v) is 9.90. The van der Waals surface area contributed by atoms with Crippen molar-refractivity contribution in [1.29, 1.82) is 0 Å². The zero-order chi connectivity index (χ0) is 16.4. The summed E-state index contributed by atoms with van der Waals surface area (Å²) in [6.07, 6.45) is 2.86. The molecule has 3 heterocycles. The molecule has 0 bridgehead atoms. The number of carbonyl (C=O) groups excluding carboxylic acids is 1. The van der Waals surface area contributed by atoms with Crippen molar-refractivity contribution in [3.8, 4) is 10.8 Å². The Morgan fingerprint density at radius 2 is 2.00 bits per heavy atom. The second-order valence-corrected chi connectivity index (χ2v) is 8.76. The fraction of sp³-hybridized carbons (Fsp3) is 0.462. The molecular formula is C13H14ClN3O4S2. The Bertz CT molecular complexity index is 809. The van der Waals surface area contributed by atoms with E-state index >= 15 is 0 Å². The van der Waals surface area contributed by atoms with Crippen molar-refractivity contribution in [2.45, 2.75) is 24.5 Å². The van der Waals surface area contributed by atoms with E-state index in [1.165, 1.54) is 11.3 Å². The Kier molecular flexibility index (Phi) is 4.69. The van der Waals surface area contributed by atoms with Crippen molar-refractivity contribution >= 4 is 38.7 Å². The number of nitrogens with zero attached hydrogens (tertiary/aromatic N) is 3. The maximum Gasteiger partial charge on any atom is 0.336 e. The van der Waals surface area contributed by atoms with Crippen LogP contribution in [-0.4, -0.2) is 48.3 Å². The molecule has 0 saturated carbocycles. The Hall–Kier alpha value is -1.45. The quantitative estimate of drug-likeness (QED) is 0.813. The molecule has 1 fully saturated rings. The number of thiophene rings is 1. The summed E-state index contributed by atoms with van der Waals surface area (Å²) in [5.41, 5.74) is 0. The number of amides is 1. The average Bonchev–Trinajstić information content (AvgIpc) is 3.16. The lowest BCUT2D eigenvalue weighted by Crippen LogP contribution is -2.39. The molecule has 0 spiro atoms. The van der Waals surface area contributed by atoms with E-state index < -0.39 is 26.7 Å². The van der Waals surface area contributed by atoms with Crippen LogP contribution in [0.25, 0.3) is 10.8 Å². The van der Waals surface area contributed by atoms with Gasteiger partial charge in [-0.3, -0.25) is 4.79 Å². The van der Waals surface area contributed by atoms with Crippen LogP contribution < -0.4 is 0 Å². The zero-order valence-corrected chi connectivity index (χ0v) is 14.5. The molecule has 2 aromatic heterocycles. The molecule has 1 aliphatic rings. The smallest absolute Gasteiger partial charge is 0.336 e. The molecular weight excluding hydrogens is 362 g/mol. The van der Waals surface area contributed by atoms with Gasteiger partial charge in [0, 0.05) is 13.1 Å². The largest absolute Gasteiger partial charge is 0.407 e. The highest BCUT2D eigenvalue weighted by molar-refractivity contribution is 7.91. The number of piperidine rings is 1. The standard InChI is InChI=1S/C13H14ClN3O4S2/c14-10-5-4-9(22-10)12-15-16-13(21-12)23(19,20)8-11(18)17-6-2-1-3-7-17/h4-5H,1-3,6-8H2. The number of hydrogen-bond donors (Lipinski definition) is 0. The summed E-state index contributed by atoms with van der Waals surface area (Å²) in [6.45, 7) is 1.19. The van der Waals surface area contributed by atoms with Crippen molar-refractivity contribution < 1.29 is 17.6 Å². The molecule has 10 heteroatoms. The molecule has 1 amide bonds. The Morgan fingerprint density at radius 1 is 1.26 bits per heavy atom. The van der Waals surface area contributed by atoms with Crippen molar-refractivity contribution in [3.05, 3.63) is 16.5 Å². The number of aromatic nitrogens is 2. The second kappa shape index (κ2) is 6.58. The Balaban J connectivity index is 1.74. The SMILES string of the molecule is O=C(CS(=O)(=O)c1nnc(-c2ccc(Cl)s2)o1)N1CCCCC1. The minimum atomic E-state index is -3.95. The number of rotatable bonds is 4. The third kappa shape index (κ3) is 3.73. The van der Waals surface area contributed by atoms with Gasteiger partial charge in [0.05, 0.1) is 9.21 Å². The number of sulfone groups is 1. The van der Waals surface area contributed by atoms with Crippen molar-refractivity contribution in [3.63, 3.8) is 0 Å². The van der Waals surface area contributed by atoms with Gasteiger partial charge in [0.2, 0.25) is 15.7 Å². The van der Waals surface area contributed by atoms with Gasteiger partial charge in [0.1, 0.15) is 5.75 Å². The first-order valence-electron chi connectivity index (χ1n) is 7.05. The van der Waals surface area contributed by atoms with E-state index in [1.54, 1.807) is 17.0 Å². The van der Waals surface area contributed by atoms with Gasteiger partial charge in [0.15, 0.2) is 0 Å². The first-order chi connectivity index (χ1) is 11.0. The fourth-order valence-corrected chi connectivity index (χ4v) is 4.29. The molecule has 124 valence electrons. The predicted molar refractivity (Wildman–Crippen MR) is 85.1 cm³/mol. The van der Waals surface area contributed by atoms with Crippen LogP contribution in [0.2, 0.25) is 4.34 Å². The summed E-state index contributed by atoms with van der Waals surface area (Å²) in [4.78, 5) is 14.3. The molecule has 3 rings (SSSR count). The van der Waals surface area contributed by atoms with Crippen LogP contribution in [0.15, 0.2) is 21.8 Å². The lowest BCUT2D eigenvalue weighted by Gasteiger charge is -2.26. The number of carbonyl (C=O) groups is 1. The topological polar surface area (TPSA) is 93.4 Å². The van der Waals surface area contributed by atoms with Gasteiger partial charge >= 0.3 is 5.22 Å². The maximum absolute atomic E-state index is 12.3. The van der Waals surface area contributed by atoms with Crippen LogP contribution in [0.1, 0.15) is 19.3 Å². The van der Waals surface area contributed by atoms with Gasteiger partial charge in [-0.2, -0.15) is 0 Å². The molecule has 1 saturated heterocycles. The summed E-state index contributed by atoms with van der Waals surface area (Å²) in [5.74, 6) is -1.01. The van der Waals surface area contributed by atoms with Gasteiger partial charge in [-0.25, -0.2) is 8.42 Å². The molecule has 2 aromatic rings. The van der Waals surface area contributed by atoms with Crippen LogP contribution in [0.4, 0.5) is 0 Å². The lowest BCUT2D eigenvalue weighted by molar-refractivity contribution is -0.129. The summed E-state index contributed by atoms with van der Waals surface area (Å²) < 4.78 is 30.3. The average molecular weight is 376 g/mol. The monoisotopic (exact) mass is 375 g/mol. The molecule has 0 unspecified atom stereocenters. The van der Waals surface area contributed by atoms with Gasteiger partial charge in [-0.1, -0.05) is 16.7 Å². The molecule has 0 atom stereocenters. The molecule has 7 nitrogen and oxygen atoms in total. The third-order valence-corrected chi connectivity index (χ3v) is 6.02. The van der Waals surface area contributed by atoms with Gasteiger partial charge in [0.25, 0.3) is 5.89 Å². The van der Waals surface area contributed by atoms with E-state index in [0.29, 0.717) is 22.3 Å². The Morgan fingerprint density at radius 3 is 2.65 bits per heavy atom. The molecule has 23 heavy (non-hydrogen) atoms. The third-order valence-electron chi connectivity index (χ3n) is 3.48. The molecule has 0 radical (unpaired) electrons. The van der Waals surface area contributed by atoms with Crippen molar-refractivity contribution in [2.24, 2.45) is 0 Å². The van der Waals surface area contributed by atoms with E-state index in [-0.39, 0.29) is 5.89 Å². The van der Waals surface area contributed by atoms with Crippen LogP contribution in [-0.2, 0) is 14.6 Å². The minimum Gasteiger partial charge on any atom is -0.407 e. The summed E-state index contributed by atoms with van der Waals surface area (Å²) in [6, 6.07) is 3.32. The van der Waals surface area contributed by atoms with E-state index in [2.05, 4.69) is 10.2 Å². The zero-order valence-electron chi connectivity index (χ0n) is 12.1. The predicted octanol–water partition coefficient (Wildman–Crippen LogP) is 2.24. The number of likely N-dealkylation sites (tertiary alicyclic amines) is 1. The molecule has 0 aromatic carbocycles. The fourth-order valence-electron chi connectivity index (χ4n) is 2.32. The molecule has 0 N–H and O–H groups in total. The maximum atomic E-state index is 12.3. The molecule has 1 aliphatic heterocycles. The van der Waals surface area contributed by atoms with Crippen LogP contribution in [0, 0.1) is 0 Å². The highest BCUT2D eigenvalue weighted by atomic mass is 35.5. The minimum absolute atomic E-state index is 0.0749. The van der Waals surface area contributed by atoms with Crippen LogP contribution in [0.5, 0.6) is 0 Å². The summed E-state index contributed by atoms with van der Waals surface area (Å²) in [7, 11) is -3.95.